The normalized spacial score (nSPS) is 20.4. The second-order valence-electron chi connectivity index (χ2n) is 9.05. The summed E-state index contributed by atoms with van der Waals surface area (Å²) in [7, 11) is 1.87. The predicted molar refractivity (Wildman–Crippen MR) is 122 cm³/mol. The molecule has 2 heterocycles. The van der Waals surface area contributed by atoms with Crippen molar-refractivity contribution in [2.24, 2.45) is 7.05 Å². The van der Waals surface area contributed by atoms with Crippen LogP contribution in [0.3, 0.4) is 0 Å². The summed E-state index contributed by atoms with van der Waals surface area (Å²) < 4.78 is 8.00. The highest BCUT2D eigenvalue weighted by Gasteiger charge is 2.34. The summed E-state index contributed by atoms with van der Waals surface area (Å²) in [5.41, 5.74) is 2.13. The number of benzene rings is 1. The molecule has 2 amide bonds. The molecule has 1 unspecified atom stereocenters. The van der Waals surface area contributed by atoms with Crippen LogP contribution in [-0.2, 0) is 34.4 Å². The predicted octanol–water partition coefficient (Wildman–Crippen LogP) is 2.94. The van der Waals surface area contributed by atoms with Gasteiger partial charge in [0.25, 0.3) is 0 Å². The molecule has 7 nitrogen and oxygen atoms in total. The molecule has 1 aromatic heterocycles. The number of hydrogen-bond donors (Lipinski definition) is 0. The van der Waals surface area contributed by atoms with Gasteiger partial charge in [0.15, 0.2) is 0 Å². The lowest BCUT2D eigenvalue weighted by atomic mass is 9.94. The topological polar surface area (TPSA) is 67.7 Å². The molecule has 7 heteroatoms. The summed E-state index contributed by atoms with van der Waals surface area (Å²) in [5.74, 6) is 0.0541. The van der Waals surface area contributed by atoms with Crippen LogP contribution >= 0.6 is 0 Å². The molecule has 0 N–H and O–H groups in total. The van der Waals surface area contributed by atoms with Crippen molar-refractivity contribution in [3.8, 4) is 0 Å². The van der Waals surface area contributed by atoms with E-state index in [0.717, 1.165) is 36.8 Å². The number of carbonyl (C=O) groups is 2. The van der Waals surface area contributed by atoms with Gasteiger partial charge in [0.1, 0.15) is 0 Å². The van der Waals surface area contributed by atoms with Crippen molar-refractivity contribution in [1.82, 2.24) is 19.6 Å². The number of rotatable bonds is 7. The van der Waals surface area contributed by atoms with E-state index in [9.17, 15) is 9.59 Å². The number of ether oxygens (including phenoxy) is 1. The molecule has 0 radical (unpaired) electrons. The average molecular weight is 439 g/mol. The Bertz CT molecular complexity index is 892. The van der Waals surface area contributed by atoms with Gasteiger partial charge in [0.2, 0.25) is 11.8 Å². The molecule has 2 aliphatic rings. The smallest absolute Gasteiger partial charge is 0.242 e. The third kappa shape index (κ3) is 5.97. The van der Waals surface area contributed by atoms with Crippen molar-refractivity contribution in [2.75, 3.05) is 19.6 Å². The summed E-state index contributed by atoms with van der Waals surface area (Å²) in [4.78, 5) is 29.9. The largest absolute Gasteiger partial charge is 0.370 e. The molecule has 1 saturated heterocycles. The van der Waals surface area contributed by atoms with Crippen molar-refractivity contribution >= 4 is 11.8 Å². The molecular formula is C25H34N4O3. The Kier molecular flexibility index (Phi) is 7.58. The Labute approximate surface area is 190 Å². The molecular weight excluding hydrogens is 404 g/mol. The molecule has 1 aliphatic heterocycles. The minimum Gasteiger partial charge on any atom is -0.370 e. The third-order valence-corrected chi connectivity index (χ3v) is 6.55. The maximum Gasteiger partial charge on any atom is 0.242 e. The maximum atomic E-state index is 13.2. The van der Waals surface area contributed by atoms with Crippen LogP contribution in [-0.4, -0.2) is 63.2 Å². The second kappa shape index (κ2) is 10.8. The highest BCUT2D eigenvalue weighted by molar-refractivity contribution is 5.85. The van der Waals surface area contributed by atoms with Crippen LogP contribution < -0.4 is 0 Å². The number of aromatic nitrogens is 2. The zero-order valence-electron chi connectivity index (χ0n) is 19.0. The van der Waals surface area contributed by atoms with Crippen LogP contribution in [0.2, 0.25) is 0 Å². The van der Waals surface area contributed by atoms with Gasteiger partial charge in [0, 0.05) is 38.8 Å². The Balaban J connectivity index is 1.43. The number of aryl methyl sites for hydroxylation is 2. The van der Waals surface area contributed by atoms with Crippen LogP contribution in [0.25, 0.3) is 0 Å². The van der Waals surface area contributed by atoms with E-state index in [2.05, 4.69) is 5.10 Å². The standard InChI is InChI=1S/C25H34N4O3/c1-27-15-21(14-26-27)12-13-24(30)28-16-23(32-19-20-8-4-2-5-9-20)17-29(25(31)18-28)22-10-6-3-7-11-22/h2,4-5,8-9,14-15,22-23H,3,6-7,10-13,16-19H2,1H3. The summed E-state index contributed by atoms with van der Waals surface area (Å²) in [6.07, 6.45) is 10.2. The van der Waals surface area contributed by atoms with Gasteiger partial charge in [-0.25, -0.2) is 0 Å². The molecule has 0 bridgehead atoms. The van der Waals surface area contributed by atoms with Crippen molar-refractivity contribution in [2.45, 2.75) is 63.7 Å². The van der Waals surface area contributed by atoms with Crippen LogP contribution in [0.15, 0.2) is 42.7 Å². The maximum absolute atomic E-state index is 13.2. The van der Waals surface area contributed by atoms with Gasteiger partial charge in [-0.1, -0.05) is 49.6 Å². The molecule has 1 atom stereocenters. The molecule has 4 rings (SSSR count). The van der Waals surface area contributed by atoms with E-state index in [-0.39, 0.29) is 30.5 Å². The van der Waals surface area contributed by atoms with Crippen LogP contribution in [0.5, 0.6) is 0 Å². The van der Waals surface area contributed by atoms with Crippen LogP contribution in [0, 0.1) is 0 Å². The molecule has 2 fully saturated rings. The quantitative estimate of drug-likeness (QED) is 0.667. The molecule has 2 aromatic rings. The second-order valence-corrected chi connectivity index (χ2v) is 9.05. The summed E-state index contributed by atoms with van der Waals surface area (Å²) in [5, 5.41) is 4.17. The Hall–Kier alpha value is -2.67. The van der Waals surface area contributed by atoms with Gasteiger partial charge in [-0.2, -0.15) is 5.10 Å². The van der Waals surface area contributed by atoms with Gasteiger partial charge in [-0.15, -0.1) is 0 Å². The van der Waals surface area contributed by atoms with Crippen LogP contribution in [0.1, 0.15) is 49.7 Å². The van der Waals surface area contributed by atoms with Crippen LogP contribution in [0.4, 0.5) is 0 Å². The molecule has 1 aliphatic carbocycles. The number of hydrogen-bond acceptors (Lipinski definition) is 4. The van der Waals surface area contributed by atoms with Gasteiger partial charge in [-0.05, 0) is 30.4 Å². The Morgan fingerprint density at radius 3 is 2.59 bits per heavy atom. The third-order valence-electron chi connectivity index (χ3n) is 6.55. The van der Waals surface area contributed by atoms with Crippen molar-refractivity contribution in [1.29, 1.82) is 0 Å². The summed E-state index contributed by atoms with van der Waals surface area (Å²) in [6.45, 7) is 1.64. The minimum absolute atomic E-state index is 0.000934. The lowest BCUT2D eigenvalue weighted by Gasteiger charge is -2.34. The summed E-state index contributed by atoms with van der Waals surface area (Å²) >= 11 is 0. The Morgan fingerprint density at radius 1 is 1.09 bits per heavy atom. The fourth-order valence-electron chi connectivity index (χ4n) is 4.78. The highest BCUT2D eigenvalue weighted by atomic mass is 16.5. The molecule has 1 aromatic carbocycles. The molecule has 32 heavy (non-hydrogen) atoms. The van der Waals surface area contributed by atoms with Gasteiger partial charge < -0.3 is 14.5 Å². The van der Waals surface area contributed by atoms with E-state index in [1.165, 1.54) is 6.42 Å². The van der Waals surface area contributed by atoms with Gasteiger partial charge >= 0.3 is 0 Å². The van der Waals surface area contributed by atoms with E-state index in [1.807, 2.05) is 48.5 Å². The average Bonchev–Trinajstić information content (AvgIpc) is 3.16. The first-order valence-electron chi connectivity index (χ1n) is 11.8. The van der Waals surface area contributed by atoms with Gasteiger partial charge in [0.05, 0.1) is 25.5 Å². The molecule has 172 valence electrons. The van der Waals surface area contributed by atoms with E-state index >= 15 is 0 Å². The lowest BCUT2D eigenvalue weighted by Crippen LogP contribution is -2.46. The first-order valence-corrected chi connectivity index (χ1v) is 11.8. The van der Waals surface area contributed by atoms with E-state index in [0.29, 0.717) is 32.5 Å². The Morgan fingerprint density at radius 2 is 1.88 bits per heavy atom. The number of amides is 2. The fraction of sp³-hybridized carbons (Fsp3) is 0.560. The minimum atomic E-state index is -0.189. The van der Waals surface area contributed by atoms with Crippen molar-refractivity contribution in [3.05, 3.63) is 53.9 Å². The number of nitrogens with zero attached hydrogens (tertiary/aromatic N) is 4. The molecule has 0 spiro atoms. The first kappa shape index (κ1) is 22.5. The number of carbonyl (C=O) groups excluding carboxylic acids is 2. The van der Waals surface area contributed by atoms with Crippen molar-refractivity contribution in [3.63, 3.8) is 0 Å². The monoisotopic (exact) mass is 438 g/mol. The highest BCUT2D eigenvalue weighted by Crippen LogP contribution is 2.25. The SMILES string of the molecule is Cn1cc(CCC(=O)N2CC(=O)N(C3CCCCC3)CC(OCc3ccccc3)C2)cn1. The molecule has 1 saturated carbocycles. The summed E-state index contributed by atoms with van der Waals surface area (Å²) in [6, 6.07) is 10.3. The zero-order chi connectivity index (χ0) is 22.3. The lowest BCUT2D eigenvalue weighted by molar-refractivity contribution is -0.140. The van der Waals surface area contributed by atoms with Gasteiger partial charge in [-0.3, -0.25) is 14.3 Å². The first-order chi connectivity index (χ1) is 15.6. The van der Waals surface area contributed by atoms with Crippen molar-refractivity contribution < 1.29 is 14.3 Å². The van der Waals surface area contributed by atoms with E-state index < -0.39 is 0 Å². The van der Waals surface area contributed by atoms with E-state index in [1.54, 1.807) is 15.8 Å². The van der Waals surface area contributed by atoms with E-state index in [4.69, 9.17) is 4.74 Å². The zero-order valence-corrected chi connectivity index (χ0v) is 19.0. The fourth-order valence-corrected chi connectivity index (χ4v) is 4.78.